The molecule has 9 heteroatoms. The molecule has 4 rings (SSSR count). The van der Waals surface area contributed by atoms with Gasteiger partial charge < -0.3 is 14.7 Å². The van der Waals surface area contributed by atoms with Crippen LogP contribution in [-0.4, -0.2) is 28.4 Å². The molecule has 4 aromatic rings. The number of benzene rings is 3. The smallest absolute Gasteiger partial charge is 0.354 e. The Bertz CT molecular complexity index is 1380. The van der Waals surface area contributed by atoms with Crippen molar-refractivity contribution in [2.75, 3.05) is 11.4 Å². The lowest BCUT2D eigenvalue weighted by atomic mass is 10.0. The lowest BCUT2D eigenvalue weighted by Gasteiger charge is -2.24. The van der Waals surface area contributed by atoms with Gasteiger partial charge in [-0.1, -0.05) is 30.3 Å². The second-order valence-electron chi connectivity index (χ2n) is 7.78. The minimum Gasteiger partial charge on any atom is -0.477 e. The van der Waals surface area contributed by atoms with E-state index < -0.39 is 5.97 Å². The zero-order valence-corrected chi connectivity index (χ0v) is 19.1. The number of nitrogens with zero attached hydrogens (tertiary/aromatic N) is 3. The number of pyridine rings is 1. The highest BCUT2D eigenvalue weighted by molar-refractivity contribution is 5.89. The van der Waals surface area contributed by atoms with Gasteiger partial charge in [0.1, 0.15) is 29.0 Å². The van der Waals surface area contributed by atoms with Crippen molar-refractivity contribution in [2.24, 2.45) is 5.11 Å². The van der Waals surface area contributed by atoms with Crippen LogP contribution in [0.2, 0.25) is 0 Å². The first-order valence-electron chi connectivity index (χ1n) is 11.0. The Hall–Kier alpha value is -4.92. The van der Waals surface area contributed by atoms with Crippen LogP contribution >= 0.6 is 0 Å². The van der Waals surface area contributed by atoms with Crippen LogP contribution in [0.3, 0.4) is 0 Å². The molecular formula is C27H22FN5O3. The van der Waals surface area contributed by atoms with Crippen molar-refractivity contribution in [1.82, 2.24) is 4.98 Å². The third-order valence-corrected chi connectivity index (χ3v) is 5.32. The fourth-order valence-electron chi connectivity index (χ4n) is 3.54. The summed E-state index contributed by atoms with van der Waals surface area (Å²) in [5.74, 6) is -0.191. The zero-order chi connectivity index (χ0) is 25.5. The number of rotatable bonds is 9. The first-order chi connectivity index (χ1) is 17.4. The maximum atomic E-state index is 13.1. The summed E-state index contributed by atoms with van der Waals surface area (Å²) in [5.41, 5.74) is 9.07. The molecule has 0 saturated heterocycles. The second kappa shape index (κ2) is 11.0. The van der Waals surface area contributed by atoms with Crippen LogP contribution in [0.4, 0.5) is 15.9 Å². The predicted octanol–water partition coefficient (Wildman–Crippen LogP) is 6.91. The molecular weight excluding hydrogens is 461 g/mol. The van der Waals surface area contributed by atoms with E-state index in [9.17, 15) is 14.3 Å². The molecule has 0 aliphatic carbocycles. The Morgan fingerprint density at radius 3 is 2.19 bits per heavy atom. The number of carboxylic acid groups (broad SMARTS) is 1. The molecule has 0 spiro atoms. The lowest BCUT2D eigenvalue weighted by molar-refractivity contribution is 0.0690. The summed E-state index contributed by atoms with van der Waals surface area (Å²) in [5, 5.41) is 20.6. The van der Waals surface area contributed by atoms with Crippen LogP contribution in [0, 0.1) is 16.8 Å². The van der Waals surface area contributed by atoms with Crippen molar-refractivity contribution < 1.29 is 19.0 Å². The summed E-state index contributed by atoms with van der Waals surface area (Å²) in [6.45, 7) is 0.283. The van der Waals surface area contributed by atoms with E-state index in [0.717, 1.165) is 11.3 Å². The van der Waals surface area contributed by atoms with Gasteiger partial charge >= 0.3 is 5.97 Å². The molecule has 0 unspecified atom stereocenters. The number of para-hydroxylation sites is 1. The third-order valence-electron chi connectivity index (χ3n) is 5.32. The average Bonchev–Trinajstić information content (AvgIpc) is 2.91. The Labute approximate surface area is 206 Å². The molecule has 3 aromatic carbocycles. The highest BCUT2D eigenvalue weighted by Gasteiger charge is 2.17. The highest BCUT2D eigenvalue weighted by Crippen LogP contribution is 2.31. The number of hydrogen-bond donors (Lipinski definition) is 3. The maximum Gasteiger partial charge on any atom is 0.354 e. The van der Waals surface area contributed by atoms with Crippen LogP contribution in [0.1, 0.15) is 16.9 Å². The summed E-state index contributed by atoms with van der Waals surface area (Å²) >= 11 is 0. The minimum absolute atomic E-state index is 0.0951. The molecule has 0 fully saturated rings. The van der Waals surface area contributed by atoms with Gasteiger partial charge in [0.25, 0.3) is 0 Å². The SMILES string of the molecule is N=NC(=N)CCN(c1ccccc1)c1cc(-c2ccc(Oc3ccc(F)cc3)cc2)cc(C(=O)O)n1. The van der Waals surface area contributed by atoms with Crippen LogP contribution in [0.25, 0.3) is 11.1 Å². The van der Waals surface area contributed by atoms with Crippen LogP contribution in [0.15, 0.2) is 96.1 Å². The van der Waals surface area contributed by atoms with Crippen LogP contribution < -0.4 is 9.64 Å². The van der Waals surface area contributed by atoms with E-state index in [4.69, 9.17) is 15.7 Å². The summed E-state index contributed by atoms with van der Waals surface area (Å²) < 4.78 is 18.9. The lowest BCUT2D eigenvalue weighted by Crippen LogP contribution is -2.22. The Kier molecular flexibility index (Phi) is 7.40. The Morgan fingerprint density at radius 2 is 1.58 bits per heavy atom. The number of aromatic carboxylic acids is 1. The number of halogens is 1. The number of carbonyl (C=O) groups is 1. The normalized spacial score (nSPS) is 10.5. The molecule has 0 saturated carbocycles. The topological polar surface area (TPSA) is 123 Å². The van der Waals surface area contributed by atoms with E-state index in [1.807, 2.05) is 30.3 Å². The van der Waals surface area contributed by atoms with E-state index in [-0.39, 0.29) is 30.3 Å². The fraction of sp³-hybridized carbons (Fsp3) is 0.0741. The minimum atomic E-state index is -1.17. The highest BCUT2D eigenvalue weighted by atomic mass is 19.1. The van der Waals surface area contributed by atoms with Gasteiger partial charge in [0.15, 0.2) is 5.69 Å². The van der Waals surface area contributed by atoms with E-state index in [1.54, 1.807) is 35.2 Å². The van der Waals surface area contributed by atoms with Crippen LogP contribution in [0.5, 0.6) is 11.5 Å². The average molecular weight is 484 g/mol. The summed E-state index contributed by atoms with van der Waals surface area (Å²) in [7, 11) is 0. The summed E-state index contributed by atoms with van der Waals surface area (Å²) in [6, 6.07) is 25.3. The second-order valence-corrected chi connectivity index (χ2v) is 7.78. The first-order valence-corrected chi connectivity index (χ1v) is 11.0. The number of aromatic nitrogens is 1. The third kappa shape index (κ3) is 5.95. The summed E-state index contributed by atoms with van der Waals surface area (Å²) in [4.78, 5) is 18.0. The van der Waals surface area contributed by atoms with Crippen molar-refractivity contribution >= 4 is 23.3 Å². The van der Waals surface area contributed by atoms with Gasteiger partial charge in [0.05, 0.1) is 0 Å². The van der Waals surface area contributed by atoms with Gasteiger partial charge in [0.2, 0.25) is 0 Å². The zero-order valence-electron chi connectivity index (χ0n) is 19.1. The largest absolute Gasteiger partial charge is 0.477 e. The molecule has 0 atom stereocenters. The van der Waals surface area contributed by atoms with Gasteiger partial charge in [-0.3, -0.25) is 5.41 Å². The summed E-state index contributed by atoms with van der Waals surface area (Å²) in [6.07, 6.45) is 0.183. The van der Waals surface area contributed by atoms with Gasteiger partial charge in [-0.2, -0.15) is 0 Å². The first kappa shape index (κ1) is 24.2. The Balaban J connectivity index is 1.68. The predicted molar refractivity (Wildman–Crippen MR) is 134 cm³/mol. The molecule has 0 aliphatic rings. The van der Waals surface area contributed by atoms with Crippen molar-refractivity contribution in [2.45, 2.75) is 6.42 Å². The molecule has 1 aromatic heterocycles. The molecule has 3 N–H and O–H groups in total. The standard InChI is InChI=1S/C27H22FN5O3/c28-20-8-12-23(13-9-20)36-22-10-6-18(7-11-22)19-16-24(27(34)35)31-26(17-19)33(15-14-25(29)32-30)21-4-2-1-3-5-21/h1-13,16-17,29-30H,14-15H2,(H,34,35). The fourth-order valence-corrected chi connectivity index (χ4v) is 3.54. The molecule has 0 amide bonds. The van der Waals surface area contributed by atoms with E-state index in [2.05, 4.69) is 10.1 Å². The quantitative estimate of drug-likeness (QED) is 0.136. The number of carboxylic acids is 1. The van der Waals surface area contributed by atoms with Gasteiger partial charge in [0, 0.05) is 18.7 Å². The van der Waals surface area contributed by atoms with E-state index >= 15 is 0 Å². The van der Waals surface area contributed by atoms with Crippen molar-refractivity contribution in [3.05, 3.63) is 103 Å². The van der Waals surface area contributed by atoms with Gasteiger partial charge in [-0.25, -0.2) is 19.7 Å². The molecule has 0 radical (unpaired) electrons. The molecule has 0 bridgehead atoms. The number of ether oxygens (including phenoxy) is 1. The molecule has 0 aliphatic heterocycles. The van der Waals surface area contributed by atoms with Crippen molar-refractivity contribution in [3.8, 4) is 22.6 Å². The van der Waals surface area contributed by atoms with Crippen LogP contribution in [-0.2, 0) is 0 Å². The monoisotopic (exact) mass is 483 g/mol. The molecule has 180 valence electrons. The number of nitrogens with one attached hydrogen (secondary N) is 2. The van der Waals surface area contributed by atoms with E-state index in [0.29, 0.717) is 22.9 Å². The van der Waals surface area contributed by atoms with Crippen molar-refractivity contribution in [3.63, 3.8) is 0 Å². The van der Waals surface area contributed by atoms with Gasteiger partial charge in [-0.05, 0) is 71.8 Å². The number of anilines is 2. The Morgan fingerprint density at radius 1 is 0.944 bits per heavy atom. The molecule has 36 heavy (non-hydrogen) atoms. The maximum absolute atomic E-state index is 13.1. The van der Waals surface area contributed by atoms with Gasteiger partial charge in [-0.15, -0.1) is 5.11 Å². The van der Waals surface area contributed by atoms with E-state index in [1.165, 1.54) is 30.3 Å². The number of hydrogen-bond acceptors (Lipinski definition) is 6. The molecule has 1 heterocycles. The molecule has 8 nitrogen and oxygen atoms in total. The number of amidine groups is 1. The van der Waals surface area contributed by atoms with Crippen molar-refractivity contribution in [1.29, 1.82) is 10.9 Å².